The lowest BCUT2D eigenvalue weighted by Gasteiger charge is -2.33. The van der Waals surface area contributed by atoms with E-state index in [1.165, 1.54) is 12.1 Å². The van der Waals surface area contributed by atoms with E-state index < -0.39 is 4.92 Å². The van der Waals surface area contributed by atoms with Crippen molar-refractivity contribution in [1.29, 1.82) is 0 Å². The van der Waals surface area contributed by atoms with Crippen LogP contribution in [0.3, 0.4) is 0 Å². The molecule has 0 atom stereocenters. The molecule has 2 aromatic rings. The molecule has 7 heteroatoms. The third-order valence-electron chi connectivity index (χ3n) is 5.00. The van der Waals surface area contributed by atoms with Crippen molar-refractivity contribution >= 4 is 23.0 Å². The lowest BCUT2D eigenvalue weighted by molar-refractivity contribution is -0.384. The van der Waals surface area contributed by atoms with Gasteiger partial charge < -0.3 is 15.0 Å². The third kappa shape index (κ3) is 4.42. The van der Waals surface area contributed by atoms with Crippen LogP contribution in [-0.2, 0) is 0 Å². The lowest BCUT2D eigenvalue weighted by Crippen LogP contribution is -2.34. The van der Waals surface area contributed by atoms with E-state index in [1.807, 2.05) is 13.0 Å². The van der Waals surface area contributed by atoms with Crippen molar-refractivity contribution in [1.82, 2.24) is 0 Å². The minimum atomic E-state index is -0.479. The predicted octanol–water partition coefficient (Wildman–Crippen LogP) is 4.48. The topological polar surface area (TPSA) is 84.7 Å². The zero-order chi connectivity index (χ0) is 20.1. The maximum absolute atomic E-state index is 13.1. The first-order valence-corrected chi connectivity index (χ1v) is 9.56. The molecule has 3 rings (SSSR count). The summed E-state index contributed by atoms with van der Waals surface area (Å²) < 4.78 is 5.56. The van der Waals surface area contributed by atoms with Crippen LogP contribution >= 0.6 is 0 Å². The SMILES string of the molecule is CCOc1ccccc1NC(=O)c1cc([N+](=O)[O-])ccc1N1CCC(C)CC1. The van der Waals surface area contributed by atoms with Crippen LogP contribution in [0.5, 0.6) is 5.75 Å². The molecule has 0 saturated carbocycles. The first-order chi connectivity index (χ1) is 13.5. The largest absolute Gasteiger partial charge is 0.492 e. The predicted molar refractivity (Wildman–Crippen MR) is 109 cm³/mol. The molecular weight excluding hydrogens is 358 g/mol. The number of hydrogen-bond donors (Lipinski definition) is 1. The first kappa shape index (κ1) is 19.7. The van der Waals surface area contributed by atoms with Crippen LogP contribution in [0.25, 0.3) is 0 Å². The van der Waals surface area contributed by atoms with Gasteiger partial charge in [0.15, 0.2) is 0 Å². The summed E-state index contributed by atoms with van der Waals surface area (Å²) in [5, 5.41) is 14.1. The van der Waals surface area contributed by atoms with Gasteiger partial charge in [-0.15, -0.1) is 0 Å². The Hall–Kier alpha value is -3.09. The molecule has 28 heavy (non-hydrogen) atoms. The smallest absolute Gasteiger partial charge is 0.270 e. The molecule has 0 aliphatic carbocycles. The zero-order valence-corrected chi connectivity index (χ0v) is 16.2. The normalized spacial score (nSPS) is 14.6. The van der Waals surface area contributed by atoms with Gasteiger partial charge in [-0.05, 0) is 43.9 Å². The Balaban J connectivity index is 1.93. The van der Waals surface area contributed by atoms with Gasteiger partial charge in [-0.2, -0.15) is 0 Å². The molecule has 1 saturated heterocycles. The number of piperidine rings is 1. The Kier molecular flexibility index (Phi) is 6.13. The van der Waals surface area contributed by atoms with E-state index >= 15 is 0 Å². The summed E-state index contributed by atoms with van der Waals surface area (Å²) >= 11 is 0. The molecule has 0 aromatic heterocycles. The van der Waals surface area contributed by atoms with Crippen LogP contribution in [0.1, 0.15) is 37.0 Å². The molecule has 1 aliphatic rings. The van der Waals surface area contributed by atoms with Crippen LogP contribution in [0, 0.1) is 16.0 Å². The summed E-state index contributed by atoms with van der Waals surface area (Å²) in [5.41, 5.74) is 1.47. The van der Waals surface area contributed by atoms with E-state index in [0.717, 1.165) is 31.6 Å². The van der Waals surface area contributed by atoms with E-state index in [-0.39, 0.29) is 11.6 Å². The molecule has 148 valence electrons. The van der Waals surface area contributed by atoms with Crippen molar-refractivity contribution in [2.75, 3.05) is 29.9 Å². The highest BCUT2D eigenvalue weighted by Crippen LogP contribution is 2.31. The summed E-state index contributed by atoms with van der Waals surface area (Å²) in [5.74, 6) is 0.825. The fourth-order valence-corrected chi connectivity index (χ4v) is 3.39. The molecule has 7 nitrogen and oxygen atoms in total. The molecule has 1 N–H and O–H groups in total. The molecule has 0 unspecified atom stereocenters. The number of amides is 1. The second kappa shape index (κ2) is 8.73. The van der Waals surface area contributed by atoms with E-state index in [4.69, 9.17) is 4.74 Å². The third-order valence-corrected chi connectivity index (χ3v) is 5.00. The monoisotopic (exact) mass is 383 g/mol. The number of non-ortho nitro benzene ring substituents is 1. The number of para-hydroxylation sites is 2. The van der Waals surface area contributed by atoms with Crippen molar-refractivity contribution in [3.63, 3.8) is 0 Å². The quantitative estimate of drug-likeness (QED) is 0.587. The number of hydrogen-bond acceptors (Lipinski definition) is 5. The average molecular weight is 383 g/mol. The Morgan fingerprint density at radius 3 is 2.64 bits per heavy atom. The summed E-state index contributed by atoms with van der Waals surface area (Å²) in [4.78, 5) is 26.0. The van der Waals surface area contributed by atoms with Gasteiger partial charge in [-0.1, -0.05) is 19.1 Å². The molecule has 1 heterocycles. The Morgan fingerprint density at radius 1 is 1.25 bits per heavy atom. The van der Waals surface area contributed by atoms with Crippen LogP contribution in [-0.4, -0.2) is 30.5 Å². The molecule has 1 amide bonds. The number of nitrogens with zero attached hydrogens (tertiary/aromatic N) is 2. The minimum absolute atomic E-state index is 0.0997. The van der Waals surface area contributed by atoms with E-state index in [0.29, 0.717) is 29.5 Å². The Morgan fingerprint density at radius 2 is 1.96 bits per heavy atom. The molecule has 0 radical (unpaired) electrons. The second-order valence-corrected chi connectivity index (χ2v) is 7.01. The van der Waals surface area contributed by atoms with Gasteiger partial charge in [0.1, 0.15) is 5.75 Å². The highest BCUT2D eigenvalue weighted by molar-refractivity contribution is 6.09. The number of benzene rings is 2. The summed E-state index contributed by atoms with van der Waals surface area (Å²) in [6.07, 6.45) is 2.07. The van der Waals surface area contributed by atoms with Gasteiger partial charge in [-0.3, -0.25) is 14.9 Å². The summed E-state index contributed by atoms with van der Waals surface area (Å²) in [6.45, 7) is 6.21. The summed E-state index contributed by atoms with van der Waals surface area (Å²) in [6, 6.07) is 11.6. The number of nitro groups is 1. The van der Waals surface area contributed by atoms with Crippen molar-refractivity contribution in [3.8, 4) is 5.75 Å². The van der Waals surface area contributed by atoms with E-state index in [9.17, 15) is 14.9 Å². The fourth-order valence-electron chi connectivity index (χ4n) is 3.39. The first-order valence-electron chi connectivity index (χ1n) is 9.56. The van der Waals surface area contributed by atoms with Gasteiger partial charge in [0, 0.05) is 25.2 Å². The Bertz CT molecular complexity index is 860. The molecule has 0 spiro atoms. The number of rotatable bonds is 6. The number of carbonyl (C=O) groups is 1. The standard InChI is InChI=1S/C21H25N3O4/c1-3-28-20-7-5-4-6-18(20)22-21(25)17-14-16(24(26)27)8-9-19(17)23-12-10-15(2)11-13-23/h4-9,14-15H,3,10-13H2,1-2H3,(H,22,25). The van der Waals surface area contributed by atoms with Crippen LogP contribution in [0.15, 0.2) is 42.5 Å². The van der Waals surface area contributed by atoms with Crippen LogP contribution in [0.4, 0.5) is 17.1 Å². The minimum Gasteiger partial charge on any atom is -0.492 e. The van der Waals surface area contributed by atoms with Crippen LogP contribution < -0.4 is 15.0 Å². The Labute approximate surface area is 164 Å². The van der Waals surface area contributed by atoms with Crippen molar-refractivity contribution in [2.45, 2.75) is 26.7 Å². The summed E-state index contributed by atoms with van der Waals surface area (Å²) in [7, 11) is 0. The number of carbonyl (C=O) groups excluding carboxylic acids is 1. The highest BCUT2D eigenvalue weighted by atomic mass is 16.6. The highest BCUT2D eigenvalue weighted by Gasteiger charge is 2.24. The van der Waals surface area contributed by atoms with Crippen molar-refractivity contribution < 1.29 is 14.5 Å². The maximum atomic E-state index is 13.1. The molecular formula is C21H25N3O4. The van der Waals surface area contributed by atoms with Gasteiger partial charge >= 0.3 is 0 Å². The molecule has 1 fully saturated rings. The van der Waals surface area contributed by atoms with Gasteiger partial charge in [0.05, 0.1) is 28.5 Å². The molecule has 2 aromatic carbocycles. The average Bonchev–Trinajstić information content (AvgIpc) is 2.70. The number of nitrogens with one attached hydrogen (secondary N) is 1. The van der Waals surface area contributed by atoms with Gasteiger partial charge in [0.2, 0.25) is 0 Å². The number of ether oxygens (including phenoxy) is 1. The lowest BCUT2D eigenvalue weighted by atomic mass is 9.98. The van der Waals surface area contributed by atoms with E-state index in [1.54, 1.807) is 24.3 Å². The second-order valence-electron chi connectivity index (χ2n) is 7.01. The van der Waals surface area contributed by atoms with Gasteiger partial charge in [-0.25, -0.2) is 0 Å². The van der Waals surface area contributed by atoms with Crippen LogP contribution in [0.2, 0.25) is 0 Å². The molecule has 0 bridgehead atoms. The zero-order valence-electron chi connectivity index (χ0n) is 16.2. The molecule has 1 aliphatic heterocycles. The van der Waals surface area contributed by atoms with Gasteiger partial charge in [0.25, 0.3) is 11.6 Å². The maximum Gasteiger partial charge on any atom is 0.270 e. The van der Waals surface area contributed by atoms with E-state index in [2.05, 4.69) is 17.1 Å². The fraction of sp³-hybridized carbons (Fsp3) is 0.381. The van der Waals surface area contributed by atoms with Crippen molar-refractivity contribution in [2.24, 2.45) is 5.92 Å². The van der Waals surface area contributed by atoms with Crippen molar-refractivity contribution in [3.05, 3.63) is 58.1 Å². The number of nitro benzene ring substituents is 1. The number of anilines is 2.